The fourth-order valence-electron chi connectivity index (χ4n) is 3.63. The molecule has 1 aliphatic carbocycles. The van der Waals surface area contributed by atoms with E-state index in [1.165, 1.54) is 19.3 Å². The van der Waals surface area contributed by atoms with E-state index in [2.05, 4.69) is 9.84 Å². The van der Waals surface area contributed by atoms with Gasteiger partial charge in [0.25, 0.3) is 0 Å². The van der Waals surface area contributed by atoms with Gasteiger partial charge in [0.15, 0.2) is 11.6 Å². The Morgan fingerprint density at radius 1 is 1.15 bits per heavy atom. The van der Waals surface area contributed by atoms with Gasteiger partial charge in [0.2, 0.25) is 0 Å². The Bertz CT molecular complexity index is 835. The van der Waals surface area contributed by atoms with Gasteiger partial charge in [-0.3, -0.25) is 0 Å². The Morgan fingerprint density at radius 3 is 2.73 bits per heavy atom. The molecule has 136 valence electrons. The van der Waals surface area contributed by atoms with Gasteiger partial charge in [0, 0.05) is 19.1 Å². The SMILES string of the molecule is COCCc1nc(-c2conc2-c2ccccc2)n(C2CCCCC2)n1. The lowest BCUT2D eigenvalue weighted by Gasteiger charge is -2.23. The van der Waals surface area contributed by atoms with Gasteiger partial charge in [-0.2, -0.15) is 5.10 Å². The summed E-state index contributed by atoms with van der Waals surface area (Å²) in [6.07, 6.45) is 8.47. The second-order valence-electron chi connectivity index (χ2n) is 6.77. The fourth-order valence-corrected chi connectivity index (χ4v) is 3.63. The molecule has 1 fully saturated rings. The van der Waals surface area contributed by atoms with Crippen molar-refractivity contribution in [2.45, 2.75) is 44.6 Å². The van der Waals surface area contributed by atoms with Gasteiger partial charge in [-0.25, -0.2) is 9.67 Å². The van der Waals surface area contributed by atoms with Crippen LogP contribution in [0.5, 0.6) is 0 Å². The average Bonchev–Trinajstić information content (AvgIpc) is 3.34. The van der Waals surface area contributed by atoms with Crippen molar-refractivity contribution in [3.8, 4) is 22.6 Å². The second kappa shape index (κ2) is 7.83. The van der Waals surface area contributed by atoms with Crippen LogP contribution < -0.4 is 0 Å². The highest BCUT2D eigenvalue weighted by molar-refractivity contribution is 5.76. The minimum atomic E-state index is 0.390. The van der Waals surface area contributed by atoms with E-state index in [4.69, 9.17) is 19.3 Å². The lowest BCUT2D eigenvalue weighted by molar-refractivity contribution is 0.200. The van der Waals surface area contributed by atoms with Crippen molar-refractivity contribution < 1.29 is 9.26 Å². The zero-order chi connectivity index (χ0) is 17.8. The van der Waals surface area contributed by atoms with Gasteiger partial charge in [0.05, 0.1) is 18.2 Å². The Morgan fingerprint density at radius 2 is 1.96 bits per heavy atom. The van der Waals surface area contributed by atoms with E-state index in [0.29, 0.717) is 19.1 Å². The van der Waals surface area contributed by atoms with Crippen molar-refractivity contribution in [2.24, 2.45) is 0 Å². The predicted octanol–water partition coefficient (Wildman–Crippen LogP) is 4.29. The normalized spacial score (nSPS) is 15.4. The van der Waals surface area contributed by atoms with Gasteiger partial charge in [-0.05, 0) is 12.8 Å². The molecular weight excluding hydrogens is 328 g/mol. The summed E-state index contributed by atoms with van der Waals surface area (Å²) in [4.78, 5) is 4.82. The number of hydrogen-bond acceptors (Lipinski definition) is 5. The van der Waals surface area contributed by atoms with Crippen LogP contribution in [0, 0.1) is 0 Å². The molecule has 0 atom stereocenters. The minimum Gasteiger partial charge on any atom is -0.384 e. The van der Waals surface area contributed by atoms with Crippen molar-refractivity contribution >= 4 is 0 Å². The summed E-state index contributed by atoms with van der Waals surface area (Å²) in [7, 11) is 1.70. The van der Waals surface area contributed by atoms with E-state index >= 15 is 0 Å². The molecule has 3 aromatic rings. The molecule has 0 saturated heterocycles. The first-order valence-electron chi connectivity index (χ1n) is 9.31. The van der Waals surface area contributed by atoms with E-state index in [1.54, 1.807) is 13.4 Å². The zero-order valence-electron chi connectivity index (χ0n) is 15.1. The molecule has 2 heterocycles. The third-order valence-electron chi connectivity index (χ3n) is 4.98. The molecule has 6 nitrogen and oxygen atoms in total. The van der Waals surface area contributed by atoms with Gasteiger partial charge in [0.1, 0.15) is 12.0 Å². The molecule has 0 spiro atoms. The van der Waals surface area contributed by atoms with Gasteiger partial charge >= 0.3 is 0 Å². The molecule has 26 heavy (non-hydrogen) atoms. The summed E-state index contributed by atoms with van der Waals surface area (Å²) in [5.74, 6) is 1.66. The second-order valence-corrected chi connectivity index (χ2v) is 6.77. The number of methoxy groups -OCH3 is 1. The van der Waals surface area contributed by atoms with E-state index in [-0.39, 0.29) is 0 Å². The Labute approximate surface area is 153 Å². The maximum Gasteiger partial charge on any atom is 0.164 e. The van der Waals surface area contributed by atoms with E-state index in [1.807, 2.05) is 30.3 Å². The molecule has 2 aromatic heterocycles. The molecule has 1 aromatic carbocycles. The average molecular weight is 352 g/mol. The van der Waals surface area contributed by atoms with Crippen molar-refractivity contribution in [3.05, 3.63) is 42.4 Å². The lowest BCUT2D eigenvalue weighted by Crippen LogP contribution is -2.15. The van der Waals surface area contributed by atoms with Crippen LogP contribution in [-0.4, -0.2) is 33.6 Å². The summed E-state index contributed by atoms with van der Waals surface area (Å²) < 4.78 is 12.6. The monoisotopic (exact) mass is 352 g/mol. The largest absolute Gasteiger partial charge is 0.384 e. The minimum absolute atomic E-state index is 0.390. The van der Waals surface area contributed by atoms with Gasteiger partial charge < -0.3 is 9.26 Å². The molecule has 6 heteroatoms. The molecule has 0 radical (unpaired) electrons. The van der Waals surface area contributed by atoms with Crippen LogP contribution in [0.15, 0.2) is 41.1 Å². The third-order valence-corrected chi connectivity index (χ3v) is 4.98. The maximum atomic E-state index is 5.33. The summed E-state index contributed by atoms with van der Waals surface area (Å²) in [5, 5.41) is 9.06. The summed E-state index contributed by atoms with van der Waals surface area (Å²) in [6, 6.07) is 10.5. The molecule has 0 bridgehead atoms. The van der Waals surface area contributed by atoms with Crippen LogP contribution in [-0.2, 0) is 11.2 Å². The van der Waals surface area contributed by atoms with Gasteiger partial charge in [-0.15, -0.1) is 0 Å². The molecular formula is C20H24N4O2. The van der Waals surface area contributed by atoms with E-state index < -0.39 is 0 Å². The number of hydrogen-bond donors (Lipinski definition) is 0. The topological polar surface area (TPSA) is 66.0 Å². The highest BCUT2D eigenvalue weighted by Crippen LogP contribution is 2.35. The van der Waals surface area contributed by atoms with Crippen molar-refractivity contribution in [1.82, 2.24) is 19.9 Å². The smallest absolute Gasteiger partial charge is 0.164 e. The maximum absolute atomic E-state index is 5.33. The van der Waals surface area contributed by atoms with E-state index in [9.17, 15) is 0 Å². The van der Waals surface area contributed by atoms with Crippen molar-refractivity contribution in [1.29, 1.82) is 0 Å². The van der Waals surface area contributed by atoms with Crippen LogP contribution in [0.3, 0.4) is 0 Å². The summed E-state index contributed by atoms with van der Waals surface area (Å²) in [6.45, 7) is 0.614. The first kappa shape index (κ1) is 17.0. The number of ether oxygens (including phenoxy) is 1. The highest BCUT2D eigenvalue weighted by Gasteiger charge is 2.25. The van der Waals surface area contributed by atoms with Crippen LogP contribution in [0.25, 0.3) is 22.6 Å². The number of nitrogens with zero attached hydrogens (tertiary/aromatic N) is 4. The number of benzene rings is 1. The predicted molar refractivity (Wildman–Crippen MR) is 98.7 cm³/mol. The third kappa shape index (κ3) is 3.42. The van der Waals surface area contributed by atoms with E-state index in [0.717, 1.165) is 41.3 Å². The molecule has 0 N–H and O–H groups in total. The highest BCUT2D eigenvalue weighted by atomic mass is 16.5. The number of rotatable bonds is 6. The number of aromatic nitrogens is 4. The Kier molecular flexibility index (Phi) is 5.11. The Balaban J connectivity index is 1.75. The first-order valence-corrected chi connectivity index (χ1v) is 9.31. The van der Waals surface area contributed by atoms with Crippen LogP contribution in [0.2, 0.25) is 0 Å². The fraction of sp³-hybridized carbons (Fsp3) is 0.450. The summed E-state index contributed by atoms with van der Waals surface area (Å²) >= 11 is 0. The summed E-state index contributed by atoms with van der Waals surface area (Å²) in [5.41, 5.74) is 2.74. The molecule has 0 aliphatic heterocycles. The zero-order valence-corrected chi connectivity index (χ0v) is 15.1. The lowest BCUT2D eigenvalue weighted by atomic mass is 9.95. The van der Waals surface area contributed by atoms with Crippen LogP contribution >= 0.6 is 0 Å². The quantitative estimate of drug-likeness (QED) is 0.662. The Hall–Kier alpha value is -2.47. The van der Waals surface area contributed by atoms with Crippen molar-refractivity contribution in [3.63, 3.8) is 0 Å². The molecule has 1 aliphatic rings. The van der Waals surface area contributed by atoms with Crippen LogP contribution in [0.1, 0.15) is 44.0 Å². The molecule has 4 rings (SSSR count). The van der Waals surface area contributed by atoms with Gasteiger partial charge in [-0.1, -0.05) is 54.8 Å². The van der Waals surface area contributed by atoms with Crippen LogP contribution in [0.4, 0.5) is 0 Å². The molecule has 0 unspecified atom stereocenters. The molecule has 1 saturated carbocycles. The first-order chi connectivity index (χ1) is 12.9. The standard InChI is InChI=1S/C20H24N4O2/c1-25-13-12-18-21-20(24(22-18)16-10-6-3-7-11-16)17-14-26-23-19(17)15-8-4-2-5-9-15/h2,4-5,8-9,14,16H,3,6-7,10-13H2,1H3. The molecule has 0 amide bonds. The van der Waals surface area contributed by atoms with Crippen molar-refractivity contribution in [2.75, 3.05) is 13.7 Å².